The lowest BCUT2D eigenvalue weighted by atomic mass is 10.3. The summed E-state index contributed by atoms with van der Waals surface area (Å²) in [5.74, 6) is -0.309. The van der Waals surface area contributed by atoms with Gasteiger partial charge in [-0.2, -0.15) is 0 Å². The molecule has 26 heavy (non-hydrogen) atoms. The maximum absolute atomic E-state index is 13.1. The fourth-order valence-corrected chi connectivity index (χ4v) is 2.81. The Morgan fingerprint density at radius 3 is 2.58 bits per heavy atom. The minimum atomic E-state index is -0.534. The number of halogens is 4. The Kier molecular flexibility index (Phi) is 7.90. The van der Waals surface area contributed by atoms with Crippen molar-refractivity contribution in [3.8, 4) is 5.75 Å². The molecule has 2 N–H and O–H groups in total. The number of hydrogen-bond acceptors (Lipinski definition) is 3. The van der Waals surface area contributed by atoms with Gasteiger partial charge in [-0.1, -0.05) is 34.8 Å². The number of ether oxygens (including phenoxy) is 1. The van der Waals surface area contributed by atoms with Gasteiger partial charge in [-0.05, 0) is 55.0 Å². The molecule has 0 saturated carbocycles. The molecule has 2 aromatic rings. The maximum atomic E-state index is 13.1. The number of carbonyl (C=O) groups excluding carboxylic acids is 1. The summed E-state index contributed by atoms with van der Waals surface area (Å²) in [5.41, 5.74) is 0.474. The largest absolute Gasteiger partial charge is 0.492 e. The van der Waals surface area contributed by atoms with Crippen molar-refractivity contribution >= 4 is 63.7 Å². The Bertz CT molecular complexity index is 821. The van der Waals surface area contributed by atoms with Gasteiger partial charge in [0.2, 0.25) is 5.91 Å². The number of thiocarbonyl (C=S) groups is 1. The van der Waals surface area contributed by atoms with Gasteiger partial charge >= 0.3 is 0 Å². The first-order chi connectivity index (χ1) is 12.3. The summed E-state index contributed by atoms with van der Waals surface area (Å²) in [7, 11) is 0. The molecule has 2 rings (SSSR count). The molecule has 0 spiro atoms. The van der Waals surface area contributed by atoms with E-state index < -0.39 is 5.82 Å². The van der Waals surface area contributed by atoms with Crippen LogP contribution >= 0.6 is 47.0 Å². The van der Waals surface area contributed by atoms with E-state index in [9.17, 15) is 9.18 Å². The van der Waals surface area contributed by atoms with Crippen LogP contribution in [0.25, 0.3) is 0 Å². The van der Waals surface area contributed by atoms with Crippen molar-refractivity contribution in [3.05, 3.63) is 57.3 Å². The highest BCUT2D eigenvalue weighted by molar-refractivity contribution is 7.80. The van der Waals surface area contributed by atoms with Gasteiger partial charge in [0.15, 0.2) is 5.11 Å². The number of hydrogen-bond donors (Lipinski definition) is 2. The summed E-state index contributed by atoms with van der Waals surface area (Å²) in [5, 5.41) is 6.27. The normalized spacial score (nSPS) is 10.3. The second-order valence-electron chi connectivity index (χ2n) is 5.16. The van der Waals surface area contributed by atoms with Gasteiger partial charge < -0.3 is 15.4 Å². The molecule has 0 atom stereocenters. The van der Waals surface area contributed by atoms with E-state index in [1.165, 1.54) is 18.2 Å². The molecule has 0 bridgehead atoms. The van der Waals surface area contributed by atoms with Crippen molar-refractivity contribution in [1.82, 2.24) is 5.32 Å². The Labute approximate surface area is 170 Å². The fraction of sp³-hybridized carbons (Fsp3) is 0.176. The van der Waals surface area contributed by atoms with Crippen LogP contribution in [0.4, 0.5) is 10.1 Å². The maximum Gasteiger partial charge on any atom is 0.226 e. The lowest BCUT2D eigenvalue weighted by Gasteiger charge is -2.11. The molecule has 0 aliphatic heterocycles. The number of benzene rings is 2. The van der Waals surface area contributed by atoms with E-state index in [4.69, 9.17) is 51.8 Å². The van der Waals surface area contributed by atoms with E-state index in [0.29, 0.717) is 34.5 Å². The van der Waals surface area contributed by atoms with E-state index in [2.05, 4.69) is 10.6 Å². The van der Waals surface area contributed by atoms with Gasteiger partial charge in [0.1, 0.15) is 11.6 Å². The molecule has 4 nitrogen and oxygen atoms in total. The molecule has 0 unspecified atom stereocenters. The van der Waals surface area contributed by atoms with Gasteiger partial charge in [0.25, 0.3) is 0 Å². The zero-order chi connectivity index (χ0) is 19.1. The fourth-order valence-electron chi connectivity index (χ4n) is 1.93. The van der Waals surface area contributed by atoms with Crippen molar-refractivity contribution in [2.24, 2.45) is 0 Å². The van der Waals surface area contributed by atoms with Crippen LogP contribution in [0.2, 0.25) is 15.1 Å². The summed E-state index contributed by atoms with van der Waals surface area (Å²) < 4.78 is 18.6. The minimum absolute atomic E-state index is 0.0397. The lowest BCUT2D eigenvalue weighted by molar-refractivity contribution is -0.119. The SMILES string of the molecule is O=C(CCCOc1ccc(Cl)cc1Cl)NC(=S)Nc1ccc(F)c(Cl)c1. The molecule has 138 valence electrons. The third kappa shape index (κ3) is 6.61. The number of nitrogens with one attached hydrogen (secondary N) is 2. The van der Waals surface area contributed by atoms with E-state index in [-0.39, 0.29) is 22.5 Å². The Hall–Kier alpha value is -1.60. The van der Waals surface area contributed by atoms with Crippen molar-refractivity contribution in [2.45, 2.75) is 12.8 Å². The Morgan fingerprint density at radius 2 is 1.88 bits per heavy atom. The molecule has 0 aliphatic rings. The smallest absolute Gasteiger partial charge is 0.226 e. The molecular weight excluding hydrogens is 422 g/mol. The average molecular weight is 436 g/mol. The van der Waals surface area contributed by atoms with Crippen molar-refractivity contribution in [1.29, 1.82) is 0 Å². The van der Waals surface area contributed by atoms with Gasteiger partial charge in [-0.25, -0.2) is 4.39 Å². The van der Waals surface area contributed by atoms with Crippen LogP contribution in [0.1, 0.15) is 12.8 Å². The number of rotatable bonds is 6. The molecule has 0 aliphatic carbocycles. The standard InChI is InChI=1S/C17H14Cl3FN2O2S/c18-10-3-6-15(13(20)8-10)25-7-1-2-16(24)23-17(26)22-11-4-5-14(21)12(19)9-11/h3-6,8-9H,1-2,7H2,(H2,22,23,24,26). The van der Waals surface area contributed by atoms with E-state index in [1.807, 2.05) is 0 Å². The Balaban J connectivity index is 1.71. The average Bonchev–Trinajstić information content (AvgIpc) is 2.56. The van der Waals surface area contributed by atoms with Crippen LogP contribution in [0.15, 0.2) is 36.4 Å². The van der Waals surface area contributed by atoms with Crippen molar-refractivity contribution in [2.75, 3.05) is 11.9 Å². The van der Waals surface area contributed by atoms with Gasteiger partial charge in [-0.3, -0.25) is 4.79 Å². The predicted octanol–water partition coefficient (Wildman–Crippen LogP) is 5.46. The highest BCUT2D eigenvalue weighted by Crippen LogP contribution is 2.27. The molecule has 0 saturated heterocycles. The second-order valence-corrected chi connectivity index (χ2v) is 6.82. The quantitative estimate of drug-likeness (QED) is 0.467. The summed E-state index contributed by atoms with van der Waals surface area (Å²) in [6, 6.07) is 8.95. The van der Waals surface area contributed by atoms with Crippen molar-refractivity contribution < 1.29 is 13.9 Å². The molecule has 1 amide bonds. The van der Waals surface area contributed by atoms with Crippen LogP contribution in [0.3, 0.4) is 0 Å². The highest BCUT2D eigenvalue weighted by Gasteiger charge is 2.07. The first kappa shape index (κ1) is 20.7. The first-order valence-electron chi connectivity index (χ1n) is 7.49. The third-order valence-electron chi connectivity index (χ3n) is 3.13. The number of anilines is 1. The van der Waals surface area contributed by atoms with Gasteiger partial charge in [0.05, 0.1) is 16.7 Å². The molecule has 9 heteroatoms. The number of carbonyl (C=O) groups is 1. The van der Waals surface area contributed by atoms with Crippen LogP contribution in [0.5, 0.6) is 5.75 Å². The van der Waals surface area contributed by atoms with E-state index >= 15 is 0 Å². The van der Waals surface area contributed by atoms with Crippen LogP contribution in [-0.2, 0) is 4.79 Å². The summed E-state index contributed by atoms with van der Waals surface area (Å²) >= 11 is 22.5. The highest BCUT2D eigenvalue weighted by atomic mass is 35.5. The third-order valence-corrected chi connectivity index (χ3v) is 4.15. The van der Waals surface area contributed by atoms with Gasteiger partial charge in [0, 0.05) is 17.1 Å². The van der Waals surface area contributed by atoms with Gasteiger partial charge in [-0.15, -0.1) is 0 Å². The first-order valence-corrected chi connectivity index (χ1v) is 9.03. The summed E-state index contributed by atoms with van der Waals surface area (Å²) in [6.07, 6.45) is 0.674. The zero-order valence-electron chi connectivity index (χ0n) is 13.3. The summed E-state index contributed by atoms with van der Waals surface area (Å²) in [6.45, 7) is 0.308. The zero-order valence-corrected chi connectivity index (χ0v) is 16.4. The minimum Gasteiger partial charge on any atom is -0.492 e. The van der Waals surface area contributed by atoms with Crippen LogP contribution < -0.4 is 15.4 Å². The van der Waals surface area contributed by atoms with Crippen LogP contribution in [0, 0.1) is 5.82 Å². The molecular formula is C17H14Cl3FN2O2S. The van der Waals surface area contributed by atoms with Crippen molar-refractivity contribution in [3.63, 3.8) is 0 Å². The lowest BCUT2D eigenvalue weighted by Crippen LogP contribution is -2.34. The van der Waals surface area contributed by atoms with E-state index in [0.717, 1.165) is 0 Å². The van der Waals surface area contributed by atoms with Crippen LogP contribution in [-0.4, -0.2) is 17.6 Å². The Morgan fingerprint density at radius 1 is 1.12 bits per heavy atom. The van der Waals surface area contributed by atoms with E-state index in [1.54, 1.807) is 18.2 Å². The second kappa shape index (κ2) is 9.92. The molecule has 2 aromatic carbocycles. The molecule has 0 aromatic heterocycles. The predicted molar refractivity (Wildman–Crippen MR) is 107 cm³/mol. The molecule has 0 radical (unpaired) electrons. The molecule has 0 heterocycles. The monoisotopic (exact) mass is 434 g/mol. The number of amides is 1. The topological polar surface area (TPSA) is 50.4 Å². The summed E-state index contributed by atoms with van der Waals surface area (Å²) in [4.78, 5) is 11.9. The molecule has 0 fully saturated rings.